The van der Waals surface area contributed by atoms with Gasteiger partial charge in [0.1, 0.15) is 11.7 Å². The average Bonchev–Trinajstić information content (AvgIpc) is 2.91. The minimum absolute atomic E-state index is 0.0702. The van der Waals surface area contributed by atoms with E-state index in [1.54, 1.807) is 6.92 Å². The molecule has 0 aliphatic heterocycles. The molecule has 0 saturated heterocycles. The van der Waals surface area contributed by atoms with E-state index in [1.165, 1.54) is 5.57 Å². The Morgan fingerprint density at radius 3 is 2.64 bits per heavy atom. The predicted octanol–water partition coefficient (Wildman–Crippen LogP) is 4.09. The molecule has 0 radical (unpaired) electrons. The van der Waals surface area contributed by atoms with Crippen LogP contribution in [0.25, 0.3) is 0 Å². The van der Waals surface area contributed by atoms with E-state index in [2.05, 4.69) is 19.8 Å². The molecule has 0 amide bonds. The van der Waals surface area contributed by atoms with Crippen LogP contribution in [-0.4, -0.2) is 17.5 Å². The molecular formula is C22H28O3. The fourth-order valence-corrected chi connectivity index (χ4v) is 7.23. The zero-order valence-corrected chi connectivity index (χ0v) is 15.6. The molecule has 0 aromatic rings. The van der Waals surface area contributed by atoms with Crippen molar-refractivity contribution >= 4 is 17.5 Å². The molecule has 0 bridgehead atoms. The first kappa shape index (κ1) is 17.0. The van der Waals surface area contributed by atoms with Gasteiger partial charge in [0.2, 0.25) is 0 Å². The number of carbonyl (C=O) groups is 2. The molecule has 25 heavy (non-hydrogen) atoms. The smallest absolute Gasteiger partial charge is 0.155 e. The van der Waals surface area contributed by atoms with Gasteiger partial charge in [0.05, 0.1) is 0 Å². The second-order valence-corrected chi connectivity index (χ2v) is 9.39. The maximum atomic E-state index is 12.2. The maximum absolute atomic E-state index is 12.2. The molecular weight excluding hydrogens is 312 g/mol. The van der Waals surface area contributed by atoms with Gasteiger partial charge in [-0.15, -0.1) is 0 Å². The summed E-state index contributed by atoms with van der Waals surface area (Å²) in [5, 5.41) is 0. The molecule has 4 rings (SSSR count). The first-order valence-corrected chi connectivity index (χ1v) is 9.79. The van der Waals surface area contributed by atoms with Crippen molar-refractivity contribution in [2.45, 2.75) is 65.7 Å². The molecule has 0 spiro atoms. The van der Waals surface area contributed by atoms with Crippen molar-refractivity contribution in [2.75, 3.05) is 0 Å². The van der Waals surface area contributed by atoms with E-state index >= 15 is 0 Å². The summed E-state index contributed by atoms with van der Waals surface area (Å²) in [7, 11) is 0. The normalized spacial score (nSPS) is 45.8. The molecule has 4 aliphatic rings. The Balaban J connectivity index is 1.79. The molecule has 4 aliphatic carbocycles. The Hall–Kier alpha value is -1.47. The van der Waals surface area contributed by atoms with Crippen LogP contribution < -0.4 is 0 Å². The van der Waals surface area contributed by atoms with Crippen LogP contribution in [0.4, 0.5) is 0 Å². The van der Waals surface area contributed by atoms with Crippen molar-refractivity contribution in [1.82, 2.24) is 0 Å². The van der Waals surface area contributed by atoms with Gasteiger partial charge in [-0.2, -0.15) is 0 Å². The summed E-state index contributed by atoms with van der Waals surface area (Å²) in [5.41, 5.74) is 1.99. The van der Waals surface area contributed by atoms with Crippen LogP contribution in [0.1, 0.15) is 65.7 Å². The van der Waals surface area contributed by atoms with Crippen molar-refractivity contribution in [3.8, 4) is 0 Å². The van der Waals surface area contributed by atoms with Gasteiger partial charge in [-0.1, -0.05) is 19.4 Å². The largest absolute Gasteiger partial charge is 0.300 e. The first-order valence-electron chi connectivity index (χ1n) is 9.79. The van der Waals surface area contributed by atoms with E-state index in [0.29, 0.717) is 24.7 Å². The number of hydrogen-bond donors (Lipinski definition) is 0. The Morgan fingerprint density at radius 1 is 1.20 bits per heavy atom. The van der Waals surface area contributed by atoms with E-state index in [1.807, 2.05) is 6.08 Å². The quantitative estimate of drug-likeness (QED) is 0.676. The molecule has 0 heterocycles. The summed E-state index contributed by atoms with van der Waals surface area (Å²) in [4.78, 5) is 36.1. The zero-order valence-electron chi connectivity index (χ0n) is 15.6. The lowest BCUT2D eigenvalue weighted by Crippen LogP contribution is -2.52. The molecule has 0 aromatic carbocycles. The molecule has 6 atom stereocenters. The number of ketones is 2. The third kappa shape index (κ3) is 2.21. The van der Waals surface area contributed by atoms with Crippen LogP contribution >= 0.6 is 0 Å². The van der Waals surface area contributed by atoms with Crippen LogP contribution in [0.5, 0.6) is 0 Å². The monoisotopic (exact) mass is 340 g/mol. The summed E-state index contributed by atoms with van der Waals surface area (Å²) in [6.45, 7) is 6.21. The summed E-state index contributed by atoms with van der Waals surface area (Å²) >= 11 is 0. The van der Waals surface area contributed by atoms with E-state index in [4.69, 9.17) is 0 Å². The molecule has 0 N–H and O–H groups in total. The highest BCUT2D eigenvalue weighted by Gasteiger charge is 2.61. The van der Waals surface area contributed by atoms with Gasteiger partial charge in [0, 0.05) is 23.8 Å². The summed E-state index contributed by atoms with van der Waals surface area (Å²) in [5.74, 6) is 4.09. The highest BCUT2D eigenvalue weighted by atomic mass is 16.1. The number of allylic oxidation sites excluding steroid dienone is 2. The predicted molar refractivity (Wildman–Crippen MR) is 95.5 cm³/mol. The summed E-state index contributed by atoms with van der Waals surface area (Å²) < 4.78 is 0. The fourth-order valence-electron chi connectivity index (χ4n) is 7.23. The molecule has 3 fully saturated rings. The van der Waals surface area contributed by atoms with Crippen molar-refractivity contribution in [1.29, 1.82) is 0 Å². The van der Waals surface area contributed by atoms with Gasteiger partial charge >= 0.3 is 0 Å². The lowest BCUT2D eigenvalue weighted by molar-refractivity contribution is -0.126. The van der Waals surface area contributed by atoms with Crippen LogP contribution in [0, 0.1) is 34.5 Å². The lowest BCUT2D eigenvalue weighted by atomic mass is 9.45. The average molecular weight is 340 g/mol. The van der Waals surface area contributed by atoms with Gasteiger partial charge in [-0.05, 0) is 74.2 Å². The van der Waals surface area contributed by atoms with Crippen molar-refractivity contribution in [2.24, 2.45) is 34.5 Å². The molecule has 3 heteroatoms. The maximum Gasteiger partial charge on any atom is 0.155 e. The van der Waals surface area contributed by atoms with Crippen LogP contribution in [0.15, 0.2) is 17.2 Å². The van der Waals surface area contributed by atoms with Gasteiger partial charge in [0.15, 0.2) is 5.78 Å². The molecule has 0 aromatic heterocycles. The highest BCUT2D eigenvalue weighted by molar-refractivity contribution is 5.91. The Labute approximate surface area is 149 Å². The van der Waals surface area contributed by atoms with Gasteiger partial charge in [-0.3, -0.25) is 9.59 Å². The Morgan fingerprint density at radius 2 is 1.96 bits per heavy atom. The fraction of sp³-hybridized carbons (Fsp3) is 0.727. The minimum Gasteiger partial charge on any atom is -0.300 e. The number of hydrogen-bond acceptors (Lipinski definition) is 3. The van der Waals surface area contributed by atoms with E-state index in [0.717, 1.165) is 37.7 Å². The Kier molecular flexibility index (Phi) is 3.74. The van der Waals surface area contributed by atoms with Crippen molar-refractivity contribution in [3.05, 3.63) is 17.2 Å². The third-order valence-corrected chi connectivity index (χ3v) is 8.32. The molecule has 6 unspecified atom stereocenters. The topological polar surface area (TPSA) is 51.2 Å². The van der Waals surface area contributed by atoms with Gasteiger partial charge < -0.3 is 0 Å². The second kappa shape index (κ2) is 5.51. The highest BCUT2D eigenvalue weighted by Crippen LogP contribution is 2.67. The summed E-state index contributed by atoms with van der Waals surface area (Å²) in [6, 6.07) is 0. The number of Topliss-reactive ketones (excluding diaryl/α,β-unsaturated/α-hetero) is 1. The second-order valence-electron chi connectivity index (χ2n) is 9.39. The standard InChI is InChI=1S/C22H28O3/c1-13(24)18-6-7-19-17-5-4-15-10-16(25)8-9-21(15,2)20(17)14(12-23)11-22(18,19)3/h10,17-20H,4-9,11H2,1-3H3. The number of carbonyl (C=O) groups excluding carboxylic acids is 3. The van der Waals surface area contributed by atoms with E-state index in [-0.39, 0.29) is 34.2 Å². The number of fused-ring (bicyclic) bond motifs is 5. The Bertz CT molecular complexity index is 726. The van der Waals surface area contributed by atoms with Crippen LogP contribution in [-0.2, 0) is 14.4 Å². The van der Waals surface area contributed by atoms with Gasteiger partial charge in [-0.25, -0.2) is 4.79 Å². The van der Waals surface area contributed by atoms with Crippen molar-refractivity contribution < 1.29 is 14.4 Å². The number of rotatable bonds is 1. The van der Waals surface area contributed by atoms with Crippen molar-refractivity contribution in [3.63, 3.8) is 0 Å². The molecule has 3 saturated carbocycles. The lowest BCUT2D eigenvalue weighted by Gasteiger charge is -2.58. The molecule has 3 nitrogen and oxygen atoms in total. The van der Waals surface area contributed by atoms with Crippen LogP contribution in [0.3, 0.4) is 0 Å². The zero-order chi connectivity index (χ0) is 18.0. The van der Waals surface area contributed by atoms with Crippen LogP contribution in [0.2, 0.25) is 0 Å². The van der Waals surface area contributed by atoms with E-state index < -0.39 is 0 Å². The first-order chi connectivity index (χ1) is 11.8. The summed E-state index contributed by atoms with van der Waals surface area (Å²) in [6.07, 6.45) is 8.08. The third-order valence-electron chi connectivity index (χ3n) is 8.32. The minimum atomic E-state index is -0.0815. The SMILES string of the molecule is CC(=O)C1CCC2C3CCC4=CC(=O)CCC4(C)C3C(=C=O)CC12C. The van der Waals surface area contributed by atoms with E-state index in [9.17, 15) is 14.4 Å². The molecule has 134 valence electrons. The van der Waals surface area contributed by atoms with Gasteiger partial charge in [0.25, 0.3) is 0 Å².